The van der Waals surface area contributed by atoms with E-state index in [2.05, 4.69) is 27.7 Å². The lowest BCUT2D eigenvalue weighted by Gasteiger charge is -2.31. The van der Waals surface area contributed by atoms with Crippen LogP contribution >= 0.6 is 0 Å². The van der Waals surface area contributed by atoms with Crippen LogP contribution in [0.3, 0.4) is 0 Å². The summed E-state index contributed by atoms with van der Waals surface area (Å²) in [6, 6.07) is 0. The van der Waals surface area contributed by atoms with Gasteiger partial charge in [0.15, 0.2) is 0 Å². The molecule has 0 saturated heterocycles. The van der Waals surface area contributed by atoms with E-state index in [-0.39, 0.29) is 5.60 Å². The van der Waals surface area contributed by atoms with E-state index < -0.39 is 0 Å². The third-order valence-electron chi connectivity index (χ3n) is 3.28. The first-order valence-electron chi connectivity index (χ1n) is 5.89. The van der Waals surface area contributed by atoms with Gasteiger partial charge in [-0.3, -0.25) is 0 Å². The fourth-order valence-electron chi connectivity index (χ4n) is 1.68. The molecule has 0 aromatic rings. The first kappa shape index (κ1) is 12.0. The zero-order valence-corrected chi connectivity index (χ0v) is 10.0. The van der Waals surface area contributed by atoms with Gasteiger partial charge >= 0.3 is 0 Å². The summed E-state index contributed by atoms with van der Waals surface area (Å²) < 4.78 is 0. The Morgan fingerprint density at radius 1 is 1.21 bits per heavy atom. The summed E-state index contributed by atoms with van der Waals surface area (Å²) >= 11 is 0. The van der Waals surface area contributed by atoms with E-state index in [0.29, 0.717) is 12.0 Å². The molecule has 2 nitrogen and oxygen atoms in total. The Labute approximate surface area is 87.9 Å². The second-order valence-corrected chi connectivity index (χ2v) is 5.09. The highest BCUT2D eigenvalue weighted by molar-refractivity contribution is 4.71. The van der Waals surface area contributed by atoms with Crippen LogP contribution in [0.5, 0.6) is 0 Å². The molecule has 84 valence electrons. The molecule has 0 radical (unpaired) electrons. The maximum atomic E-state index is 5.55. The first-order valence-corrected chi connectivity index (χ1v) is 5.89. The van der Waals surface area contributed by atoms with Crippen molar-refractivity contribution < 1.29 is 9.78 Å². The highest BCUT2D eigenvalue weighted by Crippen LogP contribution is 2.28. The van der Waals surface area contributed by atoms with Crippen LogP contribution in [0.25, 0.3) is 0 Å². The van der Waals surface area contributed by atoms with E-state index in [4.69, 9.17) is 9.78 Å². The number of hydrogen-bond donors (Lipinski definition) is 0. The molecule has 2 unspecified atom stereocenters. The minimum atomic E-state index is -0.142. The molecule has 0 aromatic heterocycles. The molecule has 0 N–H and O–H groups in total. The SMILES string of the molecule is CCC(C)(C)OOC1CCCCC1C. The second-order valence-electron chi connectivity index (χ2n) is 5.09. The lowest BCUT2D eigenvalue weighted by atomic mass is 9.88. The molecule has 1 saturated carbocycles. The quantitative estimate of drug-likeness (QED) is 0.509. The van der Waals surface area contributed by atoms with Crippen molar-refractivity contribution in [3.05, 3.63) is 0 Å². The van der Waals surface area contributed by atoms with Gasteiger partial charge in [0.2, 0.25) is 0 Å². The van der Waals surface area contributed by atoms with Gasteiger partial charge in [-0.15, -0.1) is 0 Å². The molecule has 2 atom stereocenters. The van der Waals surface area contributed by atoms with Crippen molar-refractivity contribution in [2.24, 2.45) is 5.92 Å². The zero-order chi connectivity index (χ0) is 10.6. The number of rotatable bonds is 4. The predicted molar refractivity (Wildman–Crippen MR) is 58.0 cm³/mol. The highest BCUT2D eigenvalue weighted by Gasteiger charge is 2.26. The molecule has 1 aliphatic rings. The molecule has 0 amide bonds. The van der Waals surface area contributed by atoms with E-state index in [9.17, 15) is 0 Å². The van der Waals surface area contributed by atoms with E-state index in [0.717, 1.165) is 12.8 Å². The molecule has 0 bridgehead atoms. The molecular weight excluding hydrogens is 176 g/mol. The summed E-state index contributed by atoms with van der Waals surface area (Å²) in [6.07, 6.45) is 6.35. The van der Waals surface area contributed by atoms with Crippen molar-refractivity contribution >= 4 is 0 Å². The van der Waals surface area contributed by atoms with Crippen molar-refractivity contribution in [2.75, 3.05) is 0 Å². The maximum Gasteiger partial charge on any atom is 0.0977 e. The van der Waals surface area contributed by atoms with Crippen LogP contribution in [-0.2, 0) is 9.78 Å². The summed E-state index contributed by atoms with van der Waals surface area (Å²) in [7, 11) is 0. The third kappa shape index (κ3) is 3.58. The van der Waals surface area contributed by atoms with Crippen molar-refractivity contribution in [1.29, 1.82) is 0 Å². The van der Waals surface area contributed by atoms with Crippen LogP contribution in [0.2, 0.25) is 0 Å². The summed E-state index contributed by atoms with van der Waals surface area (Å²) in [5.41, 5.74) is -0.142. The van der Waals surface area contributed by atoms with Gasteiger partial charge in [-0.25, -0.2) is 9.78 Å². The lowest BCUT2D eigenvalue weighted by molar-refractivity contribution is -0.386. The lowest BCUT2D eigenvalue weighted by Crippen LogP contribution is -2.31. The molecule has 0 aromatic carbocycles. The molecule has 14 heavy (non-hydrogen) atoms. The molecule has 1 fully saturated rings. The van der Waals surface area contributed by atoms with Crippen LogP contribution in [0.15, 0.2) is 0 Å². The van der Waals surface area contributed by atoms with Crippen LogP contribution in [0, 0.1) is 5.92 Å². The zero-order valence-electron chi connectivity index (χ0n) is 10.0. The minimum absolute atomic E-state index is 0.142. The van der Waals surface area contributed by atoms with Gasteiger partial charge in [0.1, 0.15) is 0 Å². The maximum absolute atomic E-state index is 5.55. The molecule has 0 heterocycles. The fourth-order valence-corrected chi connectivity index (χ4v) is 1.68. The van der Waals surface area contributed by atoms with Crippen molar-refractivity contribution in [3.8, 4) is 0 Å². The van der Waals surface area contributed by atoms with Gasteiger partial charge in [-0.2, -0.15) is 0 Å². The Morgan fingerprint density at radius 2 is 1.86 bits per heavy atom. The van der Waals surface area contributed by atoms with Crippen molar-refractivity contribution in [3.63, 3.8) is 0 Å². The van der Waals surface area contributed by atoms with Crippen LogP contribution in [0.1, 0.15) is 59.8 Å². The van der Waals surface area contributed by atoms with E-state index in [1.54, 1.807) is 0 Å². The van der Waals surface area contributed by atoms with Crippen molar-refractivity contribution in [1.82, 2.24) is 0 Å². The summed E-state index contributed by atoms with van der Waals surface area (Å²) in [6.45, 7) is 8.51. The van der Waals surface area contributed by atoms with E-state index in [1.807, 2.05) is 0 Å². The molecule has 0 aliphatic heterocycles. The Balaban J connectivity index is 2.29. The highest BCUT2D eigenvalue weighted by atomic mass is 17.2. The largest absolute Gasteiger partial charge is 0.233 e. The Bertz CT molecular complexity index is 166. The second kappa shape index (κ2) is 5.13. The first-order chi connectivity index (χ1) is 6.55. The molecule has 1 rings (SSSR count). The third-order valence-corrected chi connectivity index (χ3v) is 3.28. The topological polar surface area (TPSA) is 18.5 Å². The monoisotopic (exact) mass is 200 g/mol. The average Bonchev–Trinajstić information content (AvgIpc) is 2.17. The summed E-state index contributed by atoms with van der Waals surface area (Å²) in [5.74, 6) is 0.649. The van der Waals surface area contributed by atoms with Gasteiger partial charge in [-0.05, 0) is 39.0 Å². The van der Waals surface area contributed by atoms with Crippen LogP contribution in [-0.4, -0.2) is 11.7 Å². The van der Waals surface area contributed by atoms with Gasteiger partial charge in [0, 0.05) is 0 Å². The van der Waals surface area contributed by atoms with Gasteiger partial charge in [-0.1, -0.05) is 26.7 Å². The molecular formula is C12H24O2. The van der Waals surface area contributed by atoms with E-state index in [1.165, 1.54) is 19.3 Å². The molecule has 1 aliphatic carbocycles. The van der Waals surface area contributed by atoms with Gasteiger partial charge < -0.3 is 0 Å². The Hall–Kier alpha value is -0.0800. The van der Waals surface area contributed by atoms with Crippen LogP contribution in [0.4, 0.5) is 0 Å². The van der Waals surface area contributed by atoms with Crippen LogP contribution < -0.4 is 0 Å². The Kier molecular flexibility index (Phi) is 4.39. The Morgan fingerprint density at radius 3 is 2.43 bits per heavy atom. The molecule has 0 spiro atoms. The fraction of sp³-hybridized carbons (Fsp3) is 1.00. The average molecular weight is 200 g/mol. The smallest absolute Gasteiger partial charge is 0.0977 e. The van der Waals surface area contributed by atoms with E-state index >= 15 is 0 Å². The van der Waals surface area contributed by atoms with Gasteiger partial charge in [0.25, 0.3) is 0 Å². The van der Waals surface area contributed by atoms with Crippen molar-refractivity contribution in [2.45, 2.75) is 71.5 Å². The normalized spacial score (nSPS) is 29.1. The standard InChI is InChI=1S/C12H24O2/c1-5-12(3,4)14-13-11-9-7-6-8-10(11)2/h10-11H,5-9H2,1-4H3. The van der Waals surface area contributed by atoms with Gasteiger partial charge in [0.05, 0.1) is 11.7 Å². The minimum Gasteiger partial charge on any atom is -0.233 e. The molecule has 2 heteroatoms. The summed E-state index contributed by atoms with van der Waals surface area (Å²) in [4.78, 5) is 11.0. The summed E-state index contributed by atoms with van der Waals surface area (Å²) in [5, 5.41) is 0. The predicted octanol–water partition coefficient (Wildman–Crippen LogP) is 3.70. The number of hydrogen-bond acceptors (Lipinski definition) is 2.